The van der Waals surface area contributed by atoms with Crippen molar-refractivity contribution >= 4 is 35.2 Å². The van der Waals surface area contributed by atoms with Crippen molar-refractivity contribution in [2.75, 3.05) is 5.01 Å². The fourth-order valence-electron chi connectivity index (χ4n) is 2.03. The molecule has 2 heterocycles. The summed E-state index contributed by atoms with van der Waals surface area (Å²) >= 11 is 5.90. The van der Waals surface area contributed by atoms with E-state index >= 15 is 0 Å². The van der Waals surface area contributed by atoms with E-state index in [1.54, 1.807) is 43.3 Å². The van der Waals surface area contributed by atoms with E-state index in [9.17, 15) is 9.59 Å². The van der Waals surface area contributed by atoms with E-state index in [-0.39, 0.29) is 5.57 Å². The average Bonchev–Trinajstić information content (AvgIpc) is 2.97. The normalized spacial score (nSPS) is 16.7. The lowest BCUT2D eigenvalue weighted by Gasteiger charge is -2.14. The van der Waals surface area contributed by atoms with E-state index in [0.29, 0.717) is 22.2 Å². The lowest BCUT2D eigenvalue weighted by Crippen LogP contribution is -2.35. The molecule has 1 aliphatic rings. The molecule has 0 unspecified atom stereocenters. The van der Waals surface area contributed by atoms with E-state index in [0.717, 1.165) is 5.01 Å². The van der Waals surface area contributed by atoms with Crippen LogP contribution in [0.25, 0.3) is 6.08 Å². The van der Waals surface area contributed by atoms with Crippen LogP contribution in [0.5, 0.6) is 0 Å². The van der Waals surface area contributed by atoms with Crippen LogP contribution in [0.3, 0.4) is 0 Å². The Balaban J connectivity index is 1.94. The van der Waals surface area contributed by atoms with Crippen LogP contribution >= 0.6 is 11.6 Å². The van der Waals surface area contributed by atoms with Gasteiger partial charge < -0.3 is 4.42 Å². The maximum Gasteiger partial charge on any atom is 0.282 e. The Bertz CT molecular complexity index is 764. The molecule has 106 valence electrons. The molecule has 5 nitrogen and oxygen atoms in total. The standard InChI is InChI=1S/C15H11ClN2O3/c1-9-5-6-12(21-9)8-13-14(19)17-18(15(13)20)11-4-2-3-10(16)7-11/h2-8H,1H3,(H,17,19). The number of furan rings is 1. The summed E-state index contributed by atoms with van der Waals surface area (Å²) in [6.07, 6.45) is 1.43. The topological polar surface area (TPSA) is 62.6 Å². The van der Waals surface area contributed by atoms with Gasteiger partial charge in [-0.1, -0.05) is 17.7 Å². The molecule has 1 aliphatic heterocycles. The Morgan fingerprint density at radius 1 is 1.24 bits per heavy atom. The van der Waals surface area contributed by atoms with E-state index in [2.05, 4.69) is 5.43 Å². The second kappa shape index (κ2) is 5.10. The van der Waals surface area contributed by atoms with Crippen LogP contribution < -0.4 is 10.4 Å². The van der Waals surface area contributed by atoms with Gasteiger partial charge in [0.25, 0.3) is 11.8 Å². The van der Waals surface area contributed by atoms with Gasteiger partial charge in [-0.05, 0) is 43.3 Å². The van der Waals surface area contributed by atoms with Crippen molar-refractivity contribution in [3.63, 3.8) is 0 Å². The number of benzene rings is 1. The number of nitrogens with zero attached hydrogens (tertiary/aromatic N) is 1. The van der Waals surface area contributed by atoms with Crippen molar-refractivity contribution in [3.05, 3.63) is 58.5 Å². The monoisotopic (exact) mass is 302 g/mol. The molecule has 2 aromatic rings. The molecule has 1 fully saturated rings. The SMILES string of the molecule is Cc1ccc(C=C2C(=O)NN(c3cccc(Cl)c3)C2=O)o1. The van der Waals surface area contributed by atoms with Gasteiger partial charge in [-0.3, -0.25) is 15.0 Å². The molecule has 1 aromatic heterocycles. The molecular formula is C15H11ClN2O3. The summed E-state index contributed by atoms with van der Waals surface area (Å²) in [6, 6.07) is 10.1. The predicted octanol–water partition coefficient (Wildman–Crippen LogP) is 2.70. The number of halogens is 1. The summed E-state index contributed by atoms with van der Waals surface area (Å²) in [5, 5.41) is 1.64. The van der Waals surface area contributed by atoms with Crippen LogP contribution in [-0.2, 0) is 9.59 Å². The smallest absolute Gasteiger partial charge is 0.282 e. The zero-order valence-electron chi connectivity index (χ0n) is 11.1. The number of hydrazine groups is 1. The Kier molecular flexibility index (Phi) is 3.27. The second-order valence-electron chi connectivity index (χ2n) is 4.57. The highest BCUT2D eigenvalue weighted by molar-refractivity contribution is 6.33. The fourth-order valence-corrected chi connectivity index (χ4v) is 2.21. The highest BCUT2D eigenvalue weighted by atomic mass is 35.5. The van der Waals surface area contributed by atoms with Gasteiger partial charge in [0, 0.05) is 5.02 Å². The molecule has 1 saturated heterocycles. The molecule has 3 rings (SSSR count). The first-order chi connectivity index (χ1) is 10.0. The van der Waals surface area contributed by atoms with E-state index < -0.39 is 11.8 Å². The van der Waals surface area contributed by atoms with Crippen molar-refractivity contribution in [1.82, 2.24) is 5.43 Å². The minimum absolute atomic E-state index is 0.0179. The summed E-state index contributed by atoms with van der Waals surface area (Å²) in [7, 11) is 0. The Labute approximate surface area is 125 Å². The third-order valence-corrected chi connectivity index (χ3v) is 3.24. The maximum absolute atomic E-state index is 12.3. The number of carbonyl (C=O) groups is 2. The van der Waals surface area contributed by atoms with Crippen LogP contribution in [0.15, 0.2) is 46.4 Å². The van der Waals surface area contributed by atoms with Gasteiger partial charge >= 0.3 is 0 Å². The van der Waals surface area contributed by atoms with E-state index in [4.69, 9.17) is 16.0 Å². The number of rotatable bonds is 2. The van der Waals surface area contributed by atoms with Gasteiger partial charge in [-0.15, -0.1) is 0 Å². The van der Waals surface area contributed by atoms with Gasteiger partial charge in [-0.25, -0.2) is 5.01 Å². The molecule has 0 atom stereocenters. The van der Waals surface area contributed by atoms with Crippen LogP contribution in [0.4, 0.5) is 5.69 Å². The average molecular weight is 303 g/mol. The van der Waals surface area contributed by atoms with Gasteiger partial charge in [0.2, 0.25) is 0 Å². The number of amides is 2. The number of carbonyl (C=O) groups excluding carboxylic acids is 2. The summed E-state index contributed by atoms with van der Waals surface area (Å²) < 4.78 is 5.35. The van der Waals surface area contributed by atoms with E-state index in [1.807, 2.05) is 0 Å². The third-order valence-electron chi connectivity index (χ3n) is 3.01. The molecule has 0 bridgehead atoms. The van der Waals surface area contributed by atoms with Crippen molar-refractivity contribution in [2.24, 2.45) is 0 Å². The summed E-state index contributed by atoms with van der Waals surface area (Å²) in [4.78, 5) is 24.3. The lowest BCUT2D eigenvalue weighted by molar-refractivity contribution is -0.117. The van der Waals surface area contributed by atoms with Gasteiger partial charge in [0.1, 0.15) is 17.1 Å². The fraction of sp³-hybridized carbons (Fsp3) is 0.0667. The quantitative estimate of drug-likeness (QED) is 0.685. The molecule has 2 amide bonds. The number of nitrogens with one attached hydrogen (secondary N) is 1. The number of aryl methyl sites for hydroxylation is 1. The molecule has 6 heteroatoms. The first-order valence-electron chi connectivity index (χ1n) is 6.24. The number of anilines is 1. The molecule has 21 heavy (non-hydrogen) atoms. The predicted molar refractivity (Wildman–Crippen MR) is 78.5 cm³/mol. The van der Waals surface area contributed by atoms with Crippen molar-refractivity contribution in [2.45, 2.75) is 6.92 Å². The summed E-state index contributed by atoms with van der Waals surface area (Å²) in [5.74, 6) is 0.240. The molecule has 0 aliphatic carbocycles. The van der Waals surface area contributed by atoms with E-state index in [1.165, 1.54) is 6.08 Å². The molecule has 1 aromatic carbocycles. The molecule has 0 radical (unpaired) electrons. The zero-order valence-corrected chi connectivity index (χ0v) is 11.8. The van der Waals surface area contributed by atoms with Gasteiger partial charge in [-0.2, -0.15) is 0 Å². The minimum Gasteiger partial charge on any atom is -0.462 e. The van der Waals surface area contributed by atoms with Gasteiger partial charge in [0.05, 0.1) is 5.69 Å². The van der Waals surface area contributed by atoms with Crippen LogP contribution in [0.1, 0.15) is 11.5 Å². The Morgan fingerprint density at radius 2 is 2.05 bits per heavy atom. The third kappa shape index (κ3) is 2.55. The lowest BCUT2D eigenvalue weighted by atomic mass is 10.2. The largest absolute Gasteiger partial charge is 0.462 e. The Hall–Kier alpha value is -2.53. The summed E-state index contributed by atoms with van der Waals surface area (Å²) in [6.45, 7) is 1.79. The molecular weight excluding hydrogens is 292 g/mol. The summed E-state index contributed by atoms with van der Waals surface area (Å²) in [5.41, 5.74) is 3.02. The van der Waals surface area contributed by atoms with Gasteiger partial charge in [0.15, 0.2) is 0 Å². The van der Waals surface area contributed by atoms with Crippen LogP contribution in [-0.4, -0.2) is 11.8 Å². The first-order valence-corrected chi connectivity index (χ1v) is 6.61. The maximum atomic E-state index is 12.3. The van der Waals surface area contributed by atoms with Crippen molar-refractivity contribution in [3.8, 4) is 0 Å². The minimum atomic E-state index is -0.478. The zero-order chi connectivity index (χ0) is 15.0. The Morgan fingerprint density at radius 3 is 2.71 bits per heavy atom. The molecule has 0 saturated carbocycles. The van der Waals surface area contributed by atoms with Crippen molar-refractivity contribution < 1.29 is 14.0 Å². The molecule has 1 N–H and O–H groups in total. The number of hydrogen-bond acceptors (Lipinski definition) is 3. The first kappa shape index (κ1) is 13.5. The number of hydrogen-bond donors (Lipinski definition) is 1. The van der Waals surface area contributed by atoms with Crippen molar-refractivity contribution in [1.29, 1.82) is 0 Å². The van der Waals surface area contributed by atoms with Crippen LogP contribution in [0, 0.1) is 6.92 Å². The second-order valence-corrected chi connectivity index (χ2v) is 5.00. The highest BCUT2D eigenvalue weighted by Crippen LogP contribution is 2.24. The molecule has 0 spiro atoms. The highest BCUT2D eigenvalue weighted by Gasteiger charge is 2.34. The van der Waals surface area contributed by atoms with Crippen LogP contribution in [0.2, 0.25) is 5.02 Å².